The third-order valence-corrected chi connectivity index (χ3v) is 3.21. The monoisotopic (exact) mass is 284 g/mol. The number of nitrogens with zero attached hydrogens (tertiary/aromatic N) is 1. The molecule has 0 radical (unpaired) electrons. The molecule has 1 N–H and O–H groups in total. The lowest BCUT2D eigenvalue weighted by atomic mass is 10.1. The van der Waals surface area contributed by atoms with Crippen molar-refractivity contribution in [3.05, 3.63) is 29.0 Å². The molecule has 1 aliphatic heterocycles. The molecule has 19 heavy (non-hydrogen) atoms. The fourth-order valence-electron chi connectivity index (χ4n) is 2.10. The largest absolute Gasteiger partial charge is 0.343 e. The molecule has 0 saturated carbocycles. The molecule has 2 rings (SSSR count). The van der Waals surface area contributed by atoms with E-state index in [1.807, 2.05) is 6.92 Å². The van der Waals surface area contributed by atoms with E-state index in [1.54, 1.807) is 0 Å². The van der Waals surface area contributed by atoms with Gasteiger partial charge < -0.3 is 5.32 Å². The van der Waals surface area contributed by atoms with Crippen molar-refractivity contribution in [1.82, 2.24) is 5.32 Å². The van der Waals surface area contributed by atoms with Crippen molar-refractivity contribution in [3.8, 4) is 0 Å². The van der Waals surface area contributed by atoms with E-state index in [0.717, 1.165) is 12.5 Å². The first-order valence-corrected chi connectivity index (χ1v) is 6.46. The van der Waals surface area contributed by atoms with E-state index in [9.17, 15) is 14.0 Å². The molecule has 1 unspecified atom stereocenters. The summed E-state index contributed by atoms with van der Waals surface area (Å²) in [6.07, 6.45) is 1.30. The number of halogens is 2. The number of hydrogen-bond donors (Lipinski definition) is 1. The number of benzene rings is 1. The van der Waals surface area contributed by atoms with Gasteiger partial charge in [-0.25, -0.2) is 4.39 Å². The van der Waals surface area contributed by atoms with Crippen LogP contribution >= 0.6 is 11.6 Å². The summed E-state index contributed by atoms with van der Waals surface area (Å²) in [4.78, 5) is 25.0. The SMILES string of the molecule is CCCC1NC(=O)CN(c2ccc(Cl)cc2F)C1=O. The number of anilines is 1. The third-order valence-electron chi connectivity index (χ3n) is 2.98. The summed E-state index contributed by atoms with van der Waals surface area (Å²) in [6.45, 7) is 1.75. The Kier molecular flexibility index (Phi) is 4.04. The zero-order valence-corrected chi connectivity index (χ0v) is 11.2. The average Bonchev–Trinajstić information content (AvgIpc) is 2.34. The molecule has 1 aromatic carbocycles. The predicted octanol–water partition coefficient (Wildman–Crippen LogP) is 2.11. The van der Waals surface area contributed by atoms with Crippen LogP contribution < -0.4 is 10.2 Å². The Hall–Kier alpha value is -1.62. The summed E-state index contributed by atoms with van der Waals surface area (Å²) in [5.41, 5.74) is 0.0883. The molecule has 1 fully saturated rings. The van der Waals surface area contributed by atoms with Gasteiger partial charge in [-0.1, -0.05) is 24.9 Å². The van der Waals surface area contributed by atoms with Crippen LogP contribution in [0.3, 0.4) is 0 Å². The molecule has 0 spiro atoms. The number of carbonyl (C=O) groups is 2. The van der Waals surface area contributed by atoms with Crippen molar-refractivity contribution in [1.29, 1.82) is 0 Å². The van der Waals surface area contributed by atoms with Crippen LogP contribution in [0.1, 0.15) is 19.8 Å². The van der Waals surface area contributed by atoms with Gasteiger partial charge in [0.2, 0.25) is 11.8 Å². The van der Waals surface area contributed by atoms with Gasteiger partial charge in [-0.05, 0) is 24.6 Å². The van der Waals surface area contributed by atoms with E-state index in [1.165, 1.54) is 17.0 Å². The van der Waals surface area contributed by atoms with E-state index in [2.05, 4.69) is 5.32 Å². The molecule has 1 atom stereocenters. The molecule has 1 aromatic rings. The highest BCUT2D eigenvalue weighted by Gasteiger charge is 2.33. The Morgan fingerprint density at radius 2 is 2.21 bits per heavy atom. The van der Waals surface area contributed by atoms with Gasteiger partial charge >= 0.3 is 0 Å². The van der Waals surface area contributed by atoms with Crippen LogP contribution in [0.4, 0.5) is 10.1 Å². The summed E-state index contributed by atoms with van der Waals surface area (Å²) >= 11 is 5.68. The molecule has 2 amide bonds. The maximum atomic E-state index is 13.8. The van der Waals surface area contributed by atoms with E-state index in [0.29, 0.717) is 6.42 Å². The third kappa shape index (κ3) is 2.87. The van der Waals surface area contributed by atoms with Crippen LogP contribution in [0, 0.1) is 5.82 Å². The Morgan fingerprint density at radius 3 is 2.84 bits per heavy atom. The summed E-state index contributed by atoms with van der Waals surface area (Å²) < 4.78 is 13.8. The first kappa shape index (κ1) is 13.8. The van der Waals surface area contributed by atoms with Gasteiger partial charge in [0.25, 0.3) is 0 Å². The van der Waals surface area contributed by atoms with Gasteiger partial charge in [0.05, 0.1) is 5.69 Å². The summed E-state index contributed by atoms with van der Waals surface area (Å²) in [5, 5.41) is 2.87. The first-order chi connectivity index (χ1) is 9.02. The Morgan fingerprint density at radius 1 is 1.47 bits per heavy atom. The van der Waals surface area contributed by atoms with Gasteiger partial charge in [0.15, 0.2) is 0 Å². The maximum absolute atomic E-state index is 13.8. The van der Waals surface area contributed by atoms with E-state index in [4.69, 9.17) is 11.6 Å². The maximum Gasteiger partial charge on any atom is 0.250 e. The van der Waals surface area contributed by atoms with Gasteiger partial charge in [-0.3, -0.25) is 14.5 Å². The van der Waals surface area contributed by atoms with Crippen LogP contribution in [0.5, 0.6) is 0 Å². The Labute approximate surface area is 115 Å². The van der Waals surface area contributed by atoms with Crippen molar-refractivity contribution < 1.29 is 14.0 Å². The number of rotatable bonds is 3. The molecule has 4 nitrogen and oxygen atoms in total. The molecule has 1 saturated heterocycles. The standard InChI is InChI=1S/C13H14ClFN2O2/c1-2-3-10-13(19)17(7-12(18)16-10)11-5-4-8(14)6-9(11)15/h4-6,10H,2-3,7H2,1H3,(H,16,18). The second-order valence-electron chi connectivity index (χ2n) is 4.43. The highest BCUT2D eigenvalue weighted by Crippen LogP contribution is 2.25. The number of carbonyl (C=O) groups excluding carboxylic acids is 2. The lowest BCUT2D eigenvalue weighted by molar-refractivity contribution is -0.131. The normalized spacial score (nSPS) is 19.5. The van der Waals surface area contributed by atoms with Crippen LogP contribution in [-0.2, 0) is 9.59 Å². The average molecular weight is 285 g/mol. The van der Waals surface area contributed by atoms with Crippen molar-refractivity contribution in [2.75, 3.05) is 11.4 Å². The Balaban J connectivity index is 2.31. The molecular formula is C13H14ClFN2O2. The van der Waals surface area contributed by atoms with Gasteiger partial charge in [0.1, 0.15) is 18.4 Å². The molecule has 0 aromatic heterocycles. The molecule has 1 heterocycles. The highest BCUT2D eigenvalue weighted by atomic mass is 35.5. The zero-order valence-electron chi connectivity index (χ0n) is 10.5. The number of nitrogens with one attached hydrogen (secondary N) is 1. The fourth-order valence-corrected chi connectivity index (χ4v) is 2.26. The van der Waals surface area contributed by atoms with Crippen LogP contribution in [0.15, 0.2) is 18.2 Å². The molecule has 1 aliphatic rings. The molecule has 102 valence electrons. The van der Waals surface area contributed by atoms with Gasteiger partial charge in [0, 0.05) is 5.02 Å². The lowest BCUT2D eigenvalue weighted by Crippen LogP contribution is -2.58. The molecule has 0 aliphatic carbocycles. The van der Waals surface area contributed by atoms with Crippen LogP contribution in [0.2, 0.25) is 5.02 Å². The summed E-state index contributed by atoms with van der Waals surface area (Å²) in [5.74, 6) is -1.18. The summed E-state index contributed by atoms with van der Waals surface area (Å²) in [7, 11) is 0. The minimum absolute atomic E-state index is 0.0883. The number of piperazine rings is 1. The lowest BCUT2D eigenvalue weighted by Gasteiger charge is -2.32. The van der Waals surface area contributed by atoms with E-state index < -0.39 is 11.9 Å². The number of hydrogen-bond acceptors (Lipinski definition) is 2. The van der Waals surface area contributed by atoms with Crippen molar-refractivity contribution in [2.24, 2.45) is 0 Å². The van der Waals surface area contributed by atoms with Crippen molar-refractivity contribution in [3.63, 3.8) is 0 Å². The zero-order chi connectivity index (χ0) is 14.0. The number of amides is 2. The minimum Gasteiger partial charge on any atom is -0.343 e. The fraction of sp³-hybridized carbons (Fsp3) is 0.385. The Bertz CT molecular complexity index is 521. The van der Waals surface area contributed by atoms with Crippen molar-refractivity contribution in [2.45, 2.75) is 25.8 Å². The smallest absolute Gasteiger partial charge is 0.250 e. The van der Waals surface area contributed by atoms with E-state index in [-0.39, 0.29) is 29.1 Å². The minimum atomic E-state index is -0.606. The van der Waals surface area contributed by atoms with Crippen LogP contribution in [-0.4, -0.2) is 24.4 Å². The van der Waals surface area contributed by atoms with E-state index >= 15 is 0 Å². The second kappa shape index (κ2) is 5.57. The first-order valence-electron chi connectivity index (χ1n) is 6.08. The second-order valence-corrected chi connectivity index (χ2v) is 4.87. The van der Waals surface area contributed by atoms with Crippen molar-refractivity contribution >= 4 is 29.1 Å². The molecule has 6 heteroatoms. The molecular weight excluding hydrogens is 271 g/mol. The van der Waals surface area contributed by atoms with Crippen LogP contribution in [0.25, 0.3) is 0 Å². The van der Waals surface area contributed by atoms with Gasteiger partial charge in [-0.2, -0.15) is 0 Å². The highest BCUT2D eigenvalue weighted by molar-refractivity contribution is 6.30. The van der Waals surface area contributed by atoms with Gasteiger partial charge in [-0.15, -0.1) is 0 Å². The summed E-state index contributed by atoms with van der Waals surface area (Å²) in [6, 6.07) is 3.46. The quantitative estimate of drug-likeness (QED) is 0.924. The molecule has 0 bridgehead atoms. The predicted molar refractivity (Wildman–Crippen MR) is 70.6 cm³/mol. The topological polar surface area (TPSA) is 49.4 Å².